The molecule has 0 saturated carbocycles. The predicted octanol–water partition coefficient (Wildman–Crippen LogP) is 3.18. The molecule has 5 heteroatoms. The largest absolute Gasteiger partial charge is 0.439 e. The minimum Gasteiger partial charge on any atom is -0.439 e. The highest BCUT2D eigenvalue weighted by atomic mass is 35.5. The third-order valence-corrected chi connectivity index (χ3v) is 4.17. The number of likely N-dealkylation sites (N-methyl/N-ethyl adjacent to an activating group) is 1. The minimum absolute atomic E-state index is 0.570. The zero-order valence-corrected chi connectivity index (χ0v) is 12.9. The van der Waals surface area contributed by atoms with E-state index in [2.05, 4.69) is 15.2 Å². The Morgan fingerprint density at radius 1 is 1.48 bits per heavy atom. The van der Waals surface area contributed by atoms with E-state index in [1.54, 1.807) is 6.20 Å². The second kappa shape index (κ2) is 6.60. The maximum absolute atomic E-state index is 6.01. The van der Waals surface area contributed by atoms with Gasteiger partial charge in [0.25, 0.3) is 0 Å². The molecule has 1 unspecified atom stereocenters. The summed E-state index contributed by atoms with van der Waals surface area (Å²) < 4.78 is 5.86. The monoisotopic (exact) mass is 305 g/mol. The van der Waals surface area contributed by atoms with Gasteiger partial charge in [0.1, 0.15) is 0 Å². The second-order valence-corrected chi connectivity index (χ2v) is 5.93. The molecule has 1 saturated heterocycles. The number of likely N-dealkylation sites (tertiary alicyclic amines) is 1. The Labute approximate surface area is 130 Å². The highest BCUT2D eigenvalue weighted by Gasteiger charge is 2.20. The molecule has 112 valence electrons. The summed E-state index contributed by atoms with van der Waals surface area (Å²) in [6, 6.07) is 8.22. The zero-order valence-electron chi connectivity index (χ0n) is 12.2. The van der Waals surface area contributed by atoms with E-state index in [1.807, 2.05) is 31.3 Å². The van der Waals surface area contributed by atoms with E-state index in [9.17, 15) is 0 Å². The van der Waals surface area contributed by atoms with E-state index < -0.39 is 0 Å². The van der Waals surface area contributed by atoms with Gasteiger partial charge in [-0.3, -0.25) is 4.90 Å². The van der Waals surface area contributed by atoms with Crippen LogP contribution in [0.2, 0.25) is 5.02 Å². The summed E-state index contributed by atoms with van der Waals surface area (Å²) in [4.78, 5) is 6.78. The van der Waals surface area contributed by atoms with Crippen molar-refractivity contribution in [2.45, 2.75) is 25.4 Å². The number of oxazole rings is 1. The first kappa shape index (κ1) is 14.6. The van der Waals surface area contributed by atoms with Gasteiger partial charge in [0.15, 0.2) is 5.76 Å². The first-order valence-electron chi connectivity index (χ1n) is 7.35. The van der Waals surface area contributed by atoms with Gasteiger partial charge in [-0.25, -0.2) is 4.98 Å². The normalized spacial score (nSPS) is 19.8. The van der Waals surface area contributed by atoms with Crippen molar-refractivity contribution >= 4 is 11.6 Å². The highest BCUT2D eigenvalue weighted by molar-refractivity contribution is 6.30. The van der Waals surface area contributed by atoms with Crippen LogP contribution in [0.5, 0.6) is 0 Å². The summed E-state index contributed by atoms with van der Waals surface area (Å²) in [7, 11) is 2.02. The van der Waals surface area contributed by atoms with Gasteiger partial charge in [0.05, 0.1) is 12.7 Å². The summed E-state index contributed by atoms with van der Waals surface area (Å²) in [6.07, 6.45) is 4.24. The van der Waals surface area contributed by atoms with Crippen molar-refractivity contribution in [1.82, 2.24) is 15.2 Å². The number of aromatic nitrogens is 1. The van der Waals surface area contributed by atoms with E-state index in [4.69, 9.17) is 16.0 Å². The Bertz CT molecular complexity index is 599. The molecule has 1 N–H and O–H groups in total. The number of piperidine rings is 1. The van der Waals surface area contributed by atoms with Gasteiger partial charge >= 0.3 is 0 Å². The van der Waals surface area contributed by atoms with Crippen LogP contribution in [0.4, 0.5) is 0 Å². The van der Waals surface area contributed by atoms with Gasteiger partial charge in [-0.1, -0.05) is 23.7 Å². The quantitative estimate of drug-likeness (QED) is 0.942. The number of hydrogen-bond donors (Lipinski definition) is 1. The molecule has 21 heavy (non-hydrogen) atoms. The third-order valence-electron chi connectivity index (χ3n) is 3.94. The number of hydrogen-bond acceptors (Lipinski definition) is 4. The Balaban J connectivity index is 1.68. The third kappa shape index (κ3) is 3.64. The van der Waals surface area contributed by atoms with Gasteiger partial charge < -0.3 is 9.73 Å². The molecule has 0 spiro atoms. The Hall–Kier alpha value is -1.36. The highest BCUT2D eigenvalue weighted by Crippen LogP contribution is 2.24. The SMILES string of the molecule is CNC1CCCN(Cc2ncc(-c3cccc(Cl)c3)o2)C1. The Morgan fingerprint density at radius 3 is 3.19 bits per heavy atom. The van der Waals surface area contributed by atoms with Crippen LogP contribution in [0, 0.1) is 0 Å². The van der Waals surface area contributed by atoms with Crippen LogP contribution in [0.3, 0.4) is 0 Å². The summed E-state index contributed by atoms with van der Waals surface area (Å²) in [5.41, 5.74) is 0.966. The first-order valence-corrected chi connectivity index (χ1v) is 7.72. The lowest BCUT2D eigenvalue weighted by Crippen LogP contribution is -2.43. The number of halogens is 1. The van der Waals surface area contributed by atoms with Gasteiger partial charge in [-0.2, -0.15) is 0 Å². The average molecular weight is 306 g/mol. The molecule has 0 radical (unpaired) electrons. The molecule has 1 atom stereocenters. The Morgan fingerprint density at radius 2 is 2.38 bits per heavy atom. The lowest BCUT2D eigenvalue weighted by molar-refractivity contribution is 0.173. The fourth-order valence-corrected chi connectivity index (χ4v) is 2.97. The van der Waals surface area contributed by atoms with Crippen molar-refractivity contribution in [2.24, 2.45) is 0 Å². The predicted molar refractivity (Wildman–Crippen MR) is 84.3 cm³/mol. The van der Waals surface area contributed by atoms with Crippen LogP contribution < -0.4 is 5.32 Å². The summed E-state index contributed by atoms with van der Waals surface area (Å²) >= 11 is 6.01. The number of nitrogens with zero attached hydrogens (tertiary/aromatic N) is 2. The van der Waals surface area contributed by atoms with Crippen LogP contribution in [0.15, 0.2) is 34.9 Å². The average Bonchev–Trinajstić information content (AvgIpc) is 2.96. The van der Waals surface area contributed by atoms with E-state index in [-0.39, 0.29) is 0 Å². The van der Waals surface area contributed by atoms with Crippen LogP contribution in [-0.4, -0.2) is 36.1 Å². The van der Waals surface area contributed by atoms with E-state index in [1.165, 1.54) is 12.8 Å². The molecule has 2 aromatic rings. The van der Waals surface area contributed by atoms with Crippen LogP contribution in [-0.2, 0) is 6.54 Å². The van der Waals surface area contributed by atoms with Crippen molar-refractivity contribution in [3.05, 3.63) is 41.4 Å². The van der Waals surface area contributed by atoms with Gasteiger partial charge in [0, 0.05) is 23.2 Å². The van der Waals surface area contributed by atoms with Crippen LogP contribution in [0.1, 0.15) is 18.7 Å². The smallest absolute Gasteiger partial charge is 0.209 e. The van der Waals surface area contributed by atoms with E-state index >= 15 is 0 Å². The van der Waals surface area contributed by atoms with Crippen molar-refractivity contribution < 1.29 is 4.42 Å². The van der Waals surface area contributed by atoms with Crippen LogP contribution in [0.25, 0.3) is 11.3 Å². The molecule has 4 nitrogen and oxygen atoms in total. The molecule has 0 amide bonds. The topological polar surface area (TPSA) is 41.3 Å². The fraction of sp³-hybridized carbons (Fsp3) is 0.438. The van der Waals surface area contributed by atoms with E-state index in [0.717, 1.165) is 36.8 Å². The van der Waals surface area contributed by atoms with Gasteiger partial charge in [-0.15, -0.1) is 0 Å². The zero-order chi connectivity index (χ0) is 14.7. The number of rotatable bonds is 4. The maximum Gasteiger partial charge on any atom is 0.209 e. The first-order chi connectivity index (χ1) is 10.2. The molecule has 3 rings (SSSR count). The molecule has 2 heterocycles. The summed E-state index contributed by atoms with van der Waals surface area (Å²) in [6.45, 7) is 2.91. The fourth-order valence-electron chi connectivity index (χ4n) is 2.78. The molecular formula is C16H20ClN3O. The Kier molecular flexibility index (Phi) is 4.58. The lowest BCUT2D eigenvalue weighted by atomic mass is 10.1. The molecule has 1 aromatic heterocycles. The summed E-state index contributed by atoms with van der Waals surface area (Å²) in [5, 5.41) is 4.06. The molecule has 0 aliphatic carbocycles. The molecule has 1 aliphatic heterocycles. The van der Waals surface area contributed by atoms with Crippen LogP contribution >= 0.6 is 11.6 Å². The van der Waals surface area contributed by atoms with Gasteiger partial charge in [-0.05, 0) is 38.6 Å². The van der Waals surface area contributed by atoms with Crippen molar-refractivity contribution in [1.29, 1.82) is 0 Å². The molecule has 0 bridgehead atoms. The number of benzene rings is 1. The second-order valence-electron chi connectivity index (χ2n) is 5.49. The van der Waals surface area contributed by atoms with Crippen molar-refractivity contribution in [3.8, 4) is 11.3 Å². The summed E-state index contributed by atoms with van der Waals surface area (Å²) in [5.74, 6) is 1.54. The molecule has 1 fully saturated rings. The van der Waals surface area contributed by atoms with Crippen molar-refractivity contribution in [3.63, 3.8) is 0 Å². The lowest BCUT2D eigenvalue weighted by Gasteiger charge is -2.31. The van der Waals surface area contributed by atoms with Gasteiger partial charge in [0.2, 0.25) is 5.89 Å². The maximum atomic E-state index is 6.01. The molecule has 1 aromatic carbocycles. The standard InChI is InChI=1S/C16H20ClN3O/c1-18-14-6-3-7-20(10-14)11-16-19-9-15(21-16)12-4-2-5-13(17)8-12/h2,4-5,8-9,14,18H,3,6-7,10-11H2,1H3. The molecular weight excluding hydrogens is 286 g/mol. The minimum atomic E-state index is 0.570. The molecule has 1 aliphatic rings. The van der Waals surface area contributed by atoms with Crippen molar-refractivity contribution in [2.75, 3.05) is 20.1 Å². The number of nitrogens with one attached hydrogen (secondary N) is 1. The van der Waals surface area contributed by atoms with E-state index in [0.29, 0.717) is 11.1 Å².